The first-order chi connectivity index (χ1) is 10.7. The standard InChI is InChI=1S/C17H13ClN2OS/c1-12-4-2-5-15(18)14(12)8-7-13-9-10-19-20(13)17(21)16-6-3-11-22-16/h2-11H,1H3/b8-7+. The molecule has 5 heteroatoms. The molecule has 3 nitrogen and oxygen atoms in total. The molecule has 0 saturated heterocycles. The van der Waals surface area contributed by atoms with Gasteiger partial charge in [-0.1, -0.05) is 35.9 Å². The van der Waals surface area contributed by atoms with Crippen molar-refractivity contribution < 1.29 is 4.79 Å². The predicted molar refractivity (Wildman–Crippen MR) is 91.4 cm³/mol. The largest absolute Gasteiger partial charge is 0.288 e. The van der Waals surface area contributed by atoms with E-state index in [4.69, 9.17) is 11.6 Å². The highest BCUT2D eigenvalue weighted by Crippen LogP contribution is 2.22. The number of halogens is 1. The molecule has 3 rings (SSSR count). The maximum atomic E-state index is 12.4. The molecule has 0 aliphatic carbocycles. The lowest BCUT2D eigenvalue weighted by molar-refractivity contribution is 0.0948. The molecule has 0 fully saturated rings. The Morgan fingerprint density at radius 2 is 2.09 bits per heavy atom. The molecule has 110 valence electrons. The van der Waals surface area contributed by atoms with E-state index in [-0.39, 0.29) is 5.91 Å². The molecule has 0 bridgehead atoms. The van der Waals surface area contributed by atoms with Crippen LogP contribution in [0.1, 0.15) is 26.5 Å². The van der Waals surface area contributed by atoms with Crippen molar-refractivity contribution in [2.75, 3.05) is 0 Å². The van der Waals surface area contributed by atoms with Crippen molar-refractivity contribution in [2.45, 2.75) is 6.92 Å². The van der Waals surface area contributed by atoms with Crippen molar-refractivity contribution in [3.05, 3.63) is 74.7 Å². The highest BCUT2D eigenvalue weighted by Gasteiger charge is 2.12. The predicted octanol–water partition coefficient (Wildman–Crippen LogP) is 4.77. The van der Waals surface area contributed by atoms with Gasteiger partial charge in [0.25, 0.3) is 5.91 Å². The minimum absolute atomic E-state index is 0.129. The lowest BCUT2D eigenvalue weighted by Gasteiger charge is -2.04. The molecule has 0 N–H and O–H groups in total. The molecule has 22 heavy (non-hydrogen) atoms. The van der Waals surface area contributed by atoms with E-state index in [9.17, 15) is 4.79 Å². The minimum Gasteiger partial charge on any atom is -0.266 e. The van der Waals surface area contributed by atoms with Crippen LogP contribution in [0, 0.1) is 6.92 Å². The highest BCUT2D eigenvalue weighted by molar-refractivity contribution is 7.12. The number of thiophene rings is 1. The average molecular weight is 329 g/mol. The number of hydrogen-bond acceptors (Lipinski definition) is 3. The van der Waals surface area contributed by atoms with Crippen LogP contribution in [0.5, 0.6) is 0 Å². The van der Waals surface area contributed by atoms with Gasteiger partial charge in [-0.05, 0) is 47.7 Å². The summed E-state index contributed by atoms with van der Waals surface area (Å²) in [6, 6.07) is 11.2. The monoisotopic (exact) mass is 328 g/mol. The second kappa shape index (κ2) is 6.30. The van der Waals surface area contributed by atoms with Crippen molar-refractivity contribution in [1.29, 1.82) is 0 Å². The molecule has 0 spiro atoms. The number of nitrogens with zero attached hydrogens (tertiary/aromatic N) is 2. The molecule has 1 aromatic carbocycles. The molecule has 0 atom stereocenters. The van der Waals surface area contributed by atoms with Gasteiger partial charge in [0.1, 0.15) is 0 Å². The quantitative estimate of drug-likeness (QED) is 0.694. The Labute approximate surface area is 137 Å². The van der Waals surface area contributed by atoms with Crippen molar-refractivity contribution >= 4 is 41.0 Å². The molecule has 0 aliphatic heterocycles. The van der Waals surface area contributed by atoms with Crippen LogP contribution in [0.25, 0.3) is 12.2 Å². The Balaban J connectivity index is 1.93. The van der Waals surface area contributed by atoms with Crippen LogP contribution in [-0.2, 0) is 0 Å². The fourth-order valence-electron chi connectivity index (χ4n) is 2.14. The summed E-state index contributed by atoms with van der Waals surface area (Å²) in [4.78, 5) is 13.0. The SMILES string of the molecule is Cc1cccc(Cl)c1/C=C/c1ccnn1C(=O)c1cccs1. The number of aryl methyl sites for hydroxylation is 1. The summed E-state index contributed by atoms with van der Waals surface area (Å²) >= 11 is 7.62. The van der Waals surface area contributed by atoms with Gasteiger partial charge >= 0.3 is 0 Å². The van der Waals surface area contributed by atoms with E-state index in [1.54, 1.807) is 18.3 Å². The van der Waals surface area contributed by atoms with Gasteiger partial charge in [0.05, 0.1) is 16.8 Å². The topological polar surface area (TPSA) is 34.9 Å². The summed E-state index contributed by atoms with van der Waals surface area (Å²) in [6.45, 7) is 2.00. The maximum Gasteiger partial charge on any atom is 0.288 e. The van der Waals surface area contributed by atoms with Crippen molar-refractivity contribution in [1.82, 2.24) is 9.78 Å². The number of aromatic nitrogens is 2. The average Bonchev–Trinajstić information content (AvgIpc) is 3.18. The highest BCUT2D eigenvalue weighted by atomic mass is 35.5. The zero-order chi connectivity index (χ0) is 15.5. The fraction of sp³-hybridized carbons (Fsp3) is 0.0588. The van der Waals surface area contributed by atoms with E-state index in [0.29, 0.717) is 9.90 Å². The fourth-order valence-corrected chi connectivity index (χ4v) is 3.07. The number of rotatable bonds is 3. The summed E-state index contributed by atoms with van der Waals surface area (Å²) in [5, 5.41) is 6.68. The zero-order valence-corrected chi connectivity index (χ0v) is 13.4. The Morgan fingerprint density at radius 1 is 1.23 bits per heavy atom. The van der Waals surface area contributed by atoms with Crippen molar-refractivity contribution in [2.24, 2.45) is 0 Å². The Hall–Kier alpha value is -2.17. The summed E-state index contributed by atoms with van der Waals surface area (Å²) < 4.78 is 1.40. The van der Waals surface area contributed by atoms with Crippen LogP contribution >= 0.6 is 22.9 Å². The zero-order valence-electron chi connectivity index (χ0n) is 11.9. The van der Waals surface area contributed by atoms with E-state index in [0.717, 1.165) is 16.8 Å². The summed E-state index contributed by atoms with van der Waals surface area (Å²) in [7, 11) is 0. The number of benzene rings is 1. The van der Waals surface area contributed by atoms with Crippen LogP contribution in [0.15, 0.2) is 48.0 Å². The third kappa shape index (κ3) is 2.89. The molecule has 0 radical (unpaired) electrons. The van der Waals surface area contributed by atoms with E-state index >= 15 is 0 Å². The van der Waals surface area contributed by atoms with Crippen LogP contribution < -0.4 is 0 Å². The normalized spacial score (nSPS) is 11.2. The first-order valence-corrected chi connectivity index (χ1v) is 7.98. The van der Waals surface area contributed by atoms with Crippen molar-refractivity contribution in [3.8, 4) is 0 Å². The van der Waals surface area contributed by atoms with Gasteiger partial charge in [-0.2, -0.15) is 9.78 Å². The van der Waals surface area contributed by atoms with Gasteiger partial charge in [0.2, 0.25) is 0 Å². The summed E-state index contributed by atoms with van der Waals surface area (Å²) in [6.07, 6.45) is 5.38. The first-order valence-electron chi connectivity index (χ1n) is 6.72. The van der Waals surface area contributed by atoms with Gasteiger partial charge in [-0.3, -0.25) is 4.79 Å². The minimum atomic E-state index is -0.129. The Kier molecular flexibility index (Phi) is 4.22. The maximum absolute atomic E-state index is 12.4. The molecule has 0 saturated carbocycles. The molecule has 0 unspecified atom stereocenters. The lowest BCUT2D eigenvalue weighted by atomic mass is 10.1. The Morgan fingerprint density at radius 3 is 2.82 bits per heavy atom. The lowest BCUT2D eigenvalue weighted by Crippen LogP contribution is -2.13. The second-order valence-corrected chi connectivity index (χ2v) is 6.11. The summed E-state index contributed by atoms with van der Waals surface area (Å²) in [5.74, 6) is -0.129. The van der Waals surface area contributed by atoms with Crippen molar-refractivity contribution in [3.63, 3.8) is 0 Å². The molecule has 0 aliphatic rings. The van der Waals surface area contributed by atoms with E-state index in [1.165, 1.54) is 16.0 Å². The van der Waals surface area contributed by atoms with E-state index in [2.05, 4.69) is 5.10 Å². The van der Waals surface area contributed by atoms with Crippen LogP contribution in [0.3, 0.4) is 0 Å². The molecule has 2 aromatic heterocycles. The van der Waals surface area contributed by atoms with E-state index < -0.39 is 0 Å². The molecule has 3 aromatic rings. The Bertz CT molecular complexity index is 814. The molecule has 0 amide bonds. The van der Waals surface area contributed by atoms with Crippen LogP contribution in [0.4, 0.5) is 0 Å². The molecular weight excluding hydrogens is 316 g/mol. The van der Waals surface area contributed by atoms with E-state index in [1.807, 2.05) is 48.7 Å². The molecule has 2 heterocycles. The number of hydrogen-bond donors (Lipinski definition) is 0. The van der Waals surface area contributed by atoms with Gasteiger partial charge < -0.3 is 0 Å². The van der Waals surface area contributed by atoms with Gasteiger partial charge in [-0.15, -0.1) is 11.3 Å². The van der Waals surface area contributed by atoms with Crippen LogP contribution in [0.2, 0.25) is 5.02 Å². The van der Waals surface area contributed by atoms with Gasteiger partial charge in [-0.25, -0.2) is 0 Å². The number of carbonyl (C=O) groups excluding carboxylic acids is 1. The summed E-state index contributed by atoms with van der Waals surface area (Å²) in [5.41, 5.74) is 2.75. The smallest absolute Gasteiger partial charge is 0.266 e. The third-order valence-corrected chi connectivity index (χ3v) is 4.48. The first kappa shape index (κ1) is 14.8. The molecular formula is C17H13ClN2OS. The second-order valence-electron chi connectivity index (χ2n) is 4.75. The third-order valence-electron chi connectivity index (χ3n) is 3.29. The number of carbonyl (C=O) groups is 1. The van der Waals surface area contributed by atoms with Gasteiger partial charge in [0.15, 0.2) is 0 Å². The van der Waals surface area contributed by atoms with Gasteiger partial charge in [0, 0.05) is 5.02 Å². The van der Waals surface area contributed by atoms with Crippen LogP contribution in [-0.4, -0.2) is 15.7 Å².